The molecule has 2 aromatic carbocycles. The zero-order chi connectivity index (χ0) is 30.3. The van der Waals surface area contributed by atoms with E-state index in [1.54, 1.807) is 0 Å². The fraction of sp³-hybridized carbons (Fsp3) is 0.400. The van der Waals surface area contributed by atoms with Gasteiger partial charge in [0.05, 0.1) is 47.8 Å². The number of aliphatic hydroxyl groups excluding tert-OH is 2. The first-order valence-electron chi connectivity index (χ1n) is 13.0. The summed E-state index contributed by atoms with van der Waals surface area (Å²) in [6.45, 7) is 5.09. The van der Waals surface area contributed by atoms with Crippen LogP contribution in [0, 0.1) is 0 Å². The van der Waals surface area contributed by atoms with Gasteiger partial charge in [-0.25, -0.2) is 9.59 Å². The number of ether oxygens (including phenoxy) is 1. The topological polar surface area (TPSA) is 191 Å². The van der Waals surface area contributed by atoms with Crippen molar-refractivity contribution >= 4 is 21.9 Å². The quantitative estimate of drug-likeness (QED) is 0.153. The molecule has 0 fully saturated rings. The minimum Gasteiger partial charge on any atom is -0.507 e. The third kappa shape index (κ3) is 6.61. The number of hydrogen-bond donors (Lipinski definition) is 6. The molecule has 0 aliphatic heterocycles. The fourth-order valence-corrected chi connectivity index (χ4v) is 4.42. The first-order chi connectivity index (χ1) is 19.1. The molecule has 0 radical (unpaired) electrons. The predicted molar refractivity (Wildman–Crippen MR) is 149 cm³/mol. The number of phenolic OH excluding ortho intramolecular Hbond substituents is 2. The largest absolute Gasteiger partial charge is 0.507 e. The molecule has 0 unspecified atom stereocenters. The van der Waals surface area contributed by atoms with Gasteiger partial charge in [-0.1, -0.05) is 0 Å². The van der Waals surface area contributed by atoms with Gasteiger partial charge >= 0.3 is 11.3 Å². The molecule has 6 N–H and O–H groups in total. The maximum absolute atomic E-state index is 12.0. The standard InChI is InChI=1S/C30H34O11/c1-29(2,37)21(31)11-17-9-15-5-7-23(33)40-27(15)19(25(17)35)13-39-14-20-26(36)18(12-22(32)30(3,4)38)10-16-6-8-24(34)41-28(16)20/h5-10,21-22,31-32,35-38H,11-14H2,1-4H3/t21-,22-/m1/s1. The van der Waals surface area contributed by atoms with E-state index in [9.17, 15) is 40.2 Å². The van der Waals surface area contributed by atoms with Crippen molar-refractivity contribution in [2.75, 3.05) is 0 Å². The number of hydrogen-bond acceptors (Lipinski definition) is 11. The number of benzene rings is 2. The lowest BCUT2D eigenvalue weighted by atomic mass is 9.92. The average molecular weight is 571 g/mol. The van der Waals surface area contributed by atoms with Crippen LogP contribution in [-0.2, 0) is 30.8 Å². The molecule has 41 heavy (non-hydrogen) atoms. The minimum atomic E-state index is -1.45. The highest BCUT2D eigenvalue weighted by molar-refractivity contribution is 5.84. The third-order valence-electron chi connectivity index (χ3n) is 7.07. The first-order valence-corrected chi connectivity index (χ1v) is 13.0. The smallest absolute Gasteiger partial charge is 0.336 e. The molecule has 0 aliphatic carbocycles. The van der Waals surface area contributed by atoms with Crippen molar-refractivity contribution in [3.8, 4) is 11.5 Å². The van der Waals surface area contributed by atoms with Gasteiger partial charge in [-0.3, -0.25) is 0 Å². The Kier molecular flexibility index (Phi) is 8.30. The van der Waals surface area contributed by atoms with Crippen molar-refractivity contribution in [3.63, 3.8) is 0 Å². The van der Waals surface area contributed by atoms with Gasteiger partial charge in [0.1, 0.15) is 22.7 Å². The lowest BCUT2D eigenvalue weighted by molar-refractivity contribution is -0.0471. The molecule has 4 aromatic rings. The minimum absolute atomic E-state index is 0.0548. The highest BCUT2D eigenvalue weighted by atomic mass is 16.5. The number of phenols is 2. The van der Waals surface area contributed by atoms with E-state index in [1.807, 2.05) is 0 Å². The van der Waals surface area contributed by atoms with Crippen molar-refractivity contribution in [2.45, 2.75) is 77.2 Å². The molecule has 4 rings (SSSR count). The van der Waals surface area contributed by atoms with Gasteiger partial charge in [-0.2, -0.15) is 0 Å². The lowest BCUT2D eigenvalue weighted by Gasteiger charge is -2.25. The maximum atomic E-state index is 12.0. The SMILES string of the molecule is CC(C)(O)[C@H](O)Cc1cc2ccc(=O)oc2c(COCc2c(O)c(C[C@@H](O)C(C)(C)O)cc3ccc(=O)oc23)c1O. The molecule has 11 nitrogen and oxygen atoms in total. The second-order valence-corrected chi connectivity index (χ2v) is 11.3. The van der Waals surface area contributed by atoms with E-state index in [-0.39, 0.29) is 71.0 Å². The molecule has 0 bridgehead atoms. The first kappa shape index (κ1) is 30.2. The van der Waals surface area contributed by atoms with Crippen LogP contribution < -0.4 is 11.3 Å². The molecule has 0 aliphatic rings. The van der Waals surface area contributed by atoms with Crippen LogP contribution in [0.15, 0.2) is 54.8 Å². The Bertz CT molecular complexity index is 1560. The Morgan fingerprint density at radius 1 is 0.707 bits per heavy atom. The van der Waals surface area contributed by atoms with Crippen molar-refractivity contribution in [1.82, 2.24) is 0 Å². The average Bonchev–Trinajstić information content (AvgIpc) is 2.87. The summed E-state index contributed by atoms with van der Waals surface area (Å²) in [4.78, 5) is 24.0. The summed E-state index contributed by atoms with van der Waals surface area (Å²) in [5.41, 5.74) is -3.37. The molecule has 2 heterocycles. The normalized spacial score (nSPS) is 14.0. The Morgan fingerprint density at radius 2 is 1.07 bits per heavy atom. The number of rotatable bonds is 10. The van der Waals surface area contributed by atoms with Gasteiger partial charge in [0, 0.05) is 35.7 Å². The van der Waals surface area contributed by atoms with Crippen LogP contribution in [0.1, 0.15) is 49.9 Å². The summed E-state index contributed by atoms with van der Waals surface area (Å²) in [7, 11) is 0. The highest BCUT2D eigenvalue weighted by Gasteiger charge is 2.28. The summed E-state index contributed by atoms with van der Waals surface area (Å²) in [6, 6.07) is 8.49. The second kappa shape index (κ2) is 11.3. The van der Waals surface area contributed by atoms with Gasteiger partial charge in [0.2, 0.25) is 0 Å². The van der Waals surface area contributed by atoms with Crippen LogP contribution in [0.4, 0.5) is 0 Å². The maximum Gasteiger partial charge on any atom is 0.336 e. The predicted octanol–water partition coefficient (Wildman–Crippen LogP) is 2.38. The molecular weight excluding hydrogens is 536 g/mol. The van der Waals surface area contributed by atoms with E-state index in [0.29, 0.717) is 10.8 Å². The van der Waals surface area contributed by atoms with Crippen LogP contribution in [0.25, 0.3) is 21.9 Å². The molecule has 2 atom stereocenters. The van der Waals surface area contributed by atoms with Crippen LogP contribution in [0.2, 0.25) is 0 Å². The molecule has 2 aromatic heterocycles. The van der Waals surface area contributed by atoms with Crippen LogP contribution in [0.3, 0.4) is 0 Å². The van der Waals surface area contributed by atoms with E-state index in [2.05, 4.69) is 0 Å². The Morgan fingerprint density at radius 3 is 1.41 bits per heavy atom. The number of aromatic hydroxyl groups is 2. The summed E-state index contributed by atoms with van der Waals surface area (Å²) >= 11 is 0. The summed E-state index contributed by atoms with van der Waals surface area (Å²) in [6.07, 6.45) is -2.66. The van der Waals surface area contributed by atoms with Crippen LogP contribution in [-0.4, -0.2) is 54.0 Å². The summed E-state index contributed by atoms with van der Waals surface area (Å²) in [5.74, 6) is -0.615. The zero-order valence-electron chi connectivity index (χ0n) is 23.2. The van der Waals surface area contributed by atoms with Gasteiger partial charge in [0.25, 0.3) is 0 Å². The summed E-state index contributed by atoms with van der Waals surface area (Å²) in [5, 5.41) is 64.2. The summed E-state index contributed by atoms with van der Waals surface area (Å²) < 4.78 is 16.5. The van der Waals surface area contributed by atoms with E-state index in [0.717, 1.165) is 0 Å². The number of aliphatic hydroxyl groups is 4. The van der Waals surface area contributed by atoms with Gasteiger partial charge in [-0.15, -0.1) is 0 Å². The van der Waals surface area contributed by atoms with Crippen molar-refractivity contribution < 1.29 is 44.2 Å². The van der Waals surface area contributed by atoms with Crippen LogP contribution >= 0.6 is 0 Å². The second-order valence-electron chi connectivity index (χ2n) is 11.3. The molecular formula is C30H34O11. The van der Waals surface area contributed by atoms with E-state index >= 15 is 0 Å². The Hall–Kier alpha value is -3.74. The molecule has 0 saturated carbocycles. The van der Waals surface area contributed by atoms with Crippen molar-refractivity contribution in [1.29, 1.82) is 0 Å². The van der Waals surface area contributed by atoms with Gasteiger partial charge in [0.15, 0.2) is 0 Å². The number of fused-ring (bicyclic) bond motifs is 2. The van der Waals surface area contributed by atoms with Crippen molar-refractivity contribution in [3.05, 3.63) is 79.5 Å². The monoisotopic (exact) mass is 570 g/mol. The van der Waals surface area contributed by atoms with Gasteiger partial charge in [-0.05, 0) is 63.1 Å². The molecule has 0 spiro atoms. The lowest BCUT2D eigenvalue weighted by Crippen LogP contribution is -2.37. The fourth-order valence-electron chi connectivity index (χ4n) is 4.42. The van der Waals surface area contributed by atoms with E-state index in [1.165, 1.54) is 64.1 Å². The van der Waals surface area contributed by atoms with E-state index < -0.39 is 34.7 Å². The van der Waals surface area contributed by atoms with E-state index in [4.69, 9.17) is 13.6 Å². The molecule has 0 saturated heterocycles. The molecule has 11 heteroatoms. The molecule has 220 valence electrons. The molecule has 0 amide bonds. The third-order valence-corrected chi connectivity index (χ3v) is 7.07. The zero-order valence-corrected chi connectivity index (χ0v) is 23.2. The van der Waals surface area contributed by atoms with Crippen LogP contribution in [0.5, 0.6) is 11.5 Å². The van der Waals surface area contributed by atoms with Crippen molar-refractivity contribution in [2.24, 2.45) is 0 Å². The van der Waals surface area contributed by atoms with Gasteiger partial charge < -0.3 is 44.2 Å². The Balaban J connectivity index is 1.72. The Labute approximate surface area is 234 Å². The highest BCUT2D eigenvalue weighted by Crippen LogP contribution is 2.36.